The Balaban J connectivity index is 1.41. The van der Waals surface area contributed by atoms with Gasteiger partial charge in [0.25, 0.3) is 5.91 Å². The molecule has 178 valence electrons. The number of amides is 1. The van der Waals surface area contributed by atoms with Crippen molar-refractivity contribution in [3.8, 4) is 5.75 Å². The summed E-state index contributed by atoms with van der Waals surface area (Å²) in [5, 5.41) is 2.56. The lowest BCUT2D eigenvalue weighted by atomic mass is 10.2. The summed E-state index contributed by atoms with van der Waals surface area (Å²) < 4.78 is 42.6. The number of rotatable bonds is 10. The SMILES string of the molecule is Cc1cccc(OCCCC(=O)OCC(=O)Nc2cccc(S(=O)(=O)N3CCOCC3)c2)c1. The molecule has 2 aromatic carbocycles. The summed E-state index contributed by atoms with van der Waals surface area (Å²) in [6, 6.07) is 13.6. The highest BCUT2D eigenvalue weighted by molar-refractivity contribution is 7.89. The second-order valence-electron chi connectivity index (χ2n) is 7.52. The summed E-state index contributed by atoms with van der Waals surface area (Å²) in [6.45, 7) is 3.12. The summed E-state index contributed by atoms with van der Waals surface area (Å²) in [6.07, 6.45) is 0.572. The van der Waals surface area contributed by atoms with E-state index < -0.39 is 28.5 Å². The molecule has 1 saturated heterocycles. The Bertz CT molecular complexity index is 1070. The molecule has 1 amide bonds. The van der Waals surface area contributed by atoms with Crippen LogP contribution in [-0.4, -0.2) is 64.1 Å². The van der Waals surface area contributed by atoms with Crippen LogP contribution in [0.25, 0.3) is 0 Å². The van der Waals surface area contributed by atoms with Gasteiger partial charge in [-0.05, 0) is 49.2 Å². The maximum absolute atomic E-state index is 12.8. The molecule has 1 heterocycles. The molecule has 0 radical (unpaired) electrons. The Labute approximate surface area is 193 Å². The second kappa shape index (κ2) is 11.8. The molecule has 2 aromatic rings. The number of sulfonamides is 1. The molecule has 9 nitrogen and oxygen atoms in total. The van der Waals surface area contributed by atoms with Gasteiger partial charge in [-0.15, -0.1) is 0 Å². The van der Waals surface area contributed by atoms with Crippen molar-refractivity contribution in [2.75, 3.05) is 44.8 Å². The molecule has 33 heavy (non-hydrogen) atoms. The van der Waals surface area contributed by atoms with E-state index in [9.17, 15) is 18.0 Å². The van der Waals surface area contributed by atoms with Crippen molar-refractivity contribution >= 4 is 27.6 Å². The number of aryl methyl sites for hydroxylation is 1. The van der Waals surface area contributed by atoms with Crippen molar-refractivity contribution in [1.82, 2.24) is 4.31 Å². The van der Waals surface area contributed by atoms with Crippen molar-refractivity contribution in [2.45, 2.75) is 24.7 Å². The molecule has 0 saturated carbocycles. The minimum atomic E-state index is -3.68. The summed E-state index contributed by atoms with van der Waals surface area (Å²) in [5.74, 6) is -0.331. The first kappa shape index (κ1) is 24.7. The fourth-order valence-corrected chi connectivity index (χ4v) is 4.65. The zero-order valence-corrected chi connectivity index (χ0v) is 19.3. The molecule has 10 heteroatoms. The molecule has 0 spiro atoms. The van der Waals surface area contributed by atoms with Gasteiger partial charge >= 0.3 is 5.97 Å². The van der Waals surface area contributed by atoms with Gasteiger partial charge in [-0.25, -0.2) is 8.42 Å². The monoisotopic (exact) mass is 476 g/mol. The predicted octanol–water partition coefficient (Wildman–Crippen LogP) is 2.36. The first-order chi connectivity index (χ1) is 15.8. The van der Waals surface area contributed by atoms with Crippen molar-refractivity contribution < 1.29 is 32.2 Å². The van der Waals surface area contributed by atoms with Gasteiger partial charge in [0.05, 0.1) is 24.7 Å². The fraction of sp³-hybridized carbons (Fsp3) is 0.391. The number of benzene rings is 2. The van der Waals surface area contributed by atoms with Crippen LogP contribution in [0.2, 0.25) is 0 Å². The average molecular weight is 477 g/mol. The van der Waals surface area contributed by atoms with Crippen molar-refractivity contribution in [2.24, 2.45) is 0 Å². The molecule has 1 N–H and O–H groups in total. The quantitative estimate of drug-likeness (QED) is 0.414. The van der Waals surface area contributed by atoms with Crippen LogP contribution in [-0.2, 0) is 29.1 Å². The molecular formula is C23H28N2O7S. The number of esters is 1. The Kier molecular flexibility index (Phi) is 8.81. The maximum atomic E-state index is 12.8. The number of nitrogens with zero attached hydrogens (tertiary/aromatic N) is 1. The number of hydrogen-bond acceptors (Lipinski definition) is 7. The highest BCUT2D eigenvalue weighted by atomic mass is 32.2. The van der Waals surface area contributed by atoms with Crippen LogP contribution < -0.4 is 10.1 Å². The zero-order chi connectivity index (χ0) is 23.7. The lowest BCUT2D eigenvalue weighted by Gasteiger charge is -2.26. The van der Waals surface area contributed by atoms with Crippen LogP contribution in [0.4, 0.5) is 5.69 Å². The van der Waals surface area contributed by atoms with Gasteiger partial charge in [-0.3, -0.25) is 9.59 Å². The number of anilines is 1. The number of morpholine rings is 1. The molecule has 0 aromatic heterocycles. The topological polar surface area (TPSA) is 111 Å². The lowest BCUT2D eigenvalue weighted by molar-refractivity contribution is -0.147. The Hall–Kier alpha value is -2.95. The molecule has 0 aliphatic carbocycles. The van der Waals surface area contributed by atoms with E-state index in [-0.39, 0.29) is 24.4 Å². The van der Waals surface area contributed by atoms with E-state index in [4.69, 9.17) is 14.2 Å². The summed E-state index contributed by atoms with van der Waals surface area (Å²) in [4.78, 5) is 24.1. The third kappa shape index (κ3) is 7.55. The van der Waals surface area contributed by atoms with Crippen LogP contribution in [0, 0.1) is 6.92 Å². The van der Waals surface area contributed by atoms with Crippen LogP contribution in [0.15, 0.2) is 53.4 Å². The van der Waals surface area contributed by atoms with Gasteiger partial charge in [0, 0.05) is 25.2 Å². The molecule has 0 atom stereocenters. The van der Waals surface area contributed by atoms with E-state index in [0.717, 1.165) is 11.3 Å². The summed E-state index contributed by atoms with van der Waals surface area (Å²) in [5.41, 5.74) is 1.39. The fourth-order valence-electron chi connectivity index (χ4n) is 3.20. The largest absolute Gasteiger partial charge is 0.494 e. The minimum Gasteiger partial charge on any atom is -0.494 e. The number of ether oxygens (including phenoxy) is 3. The van der Waals surface area contributed by atoms with Crippen LogP contribution in [0.3, 0.4) is 0 Å². The van der Waals surface area contributed by atoms with Crippen LogP contribution >= 0.6 is 0 Å². The number of carbonyl (C=O) groups excluding carboxylic acids is 2. The normalized spacial score (nSPS) is 14.5. The van der Waals surface area contributed by atoms with Crippen LogP contribution in [0.1, 0.15) is 18.4 Å². The lowest BCUT2D eigenvalue weighted by Crippen LogP contribution is -2.40. The average Bonchev–Trinajstić information content (AvgIpc) is 2.81. The number of carbonyl (C=O) groups is 2. The Morgan fingerprint density at radius 3 is 2.61 bits per heavy atom. The Morgan fingerprint density at radius 2 is 1.85 bits per heavy atom. The highest BCUT2D eigenvalue weighted by Gasteiger charge is 2.26. The number of hydrogen-bond donors (Lipinski definition) is 1. The zero-order valence-electron chi connectivity index (χ0n) is 18.5. The third-order valence-electron chi connectivity index (χ3n) is 4.87. The van der Waals surface area contributed by atoms with Gasteiger partial charge < -0.3 is 19.5 Å². The highest BCUT2D eigenvalue weighted by Crippen LogP contribution is 2.20. The van der Waals surface area contributed by atoms with Gasteiger partial charge in [-0.1, -0.05) is 18.2 Å². The molecular weight excluding hydrogens is 448 g/mol. The standard InChI is InChI=1S/C23H28N2O7S/c1-18-5-2-7-20(15-18)31-12-4-9-23(27)32-17-22(26)24-19-6-3-8-21(16-19)33(28,29)25-10-13-30-14-11-25/h2-3,5-8,15-16H,4,9-14,17H2,1H3,(H,24,26). The van der Waals surface area contributed by atoms with Crippen molar-refractivity contribution in [3.05, 3.63) is 54.1 Å². The van der Waals surface area contributed by atoms with E-state index >= 15 is 0 Å². The van der Waals surface area contributed by atoms with E-state index in [1.54, 1.807) is 12.1 Å². The van der Waals surface area contributed by atoms with Gasteiger partial charge in [0.2, 0.25) is 10.0 Å². The van der Waals surface area contributed by atoms with E-state index in [1.807, 2.05) is 31.2 Å². The van der Waals surface area contributed by atoms with Crippen molar-refractivity contribution in [1.29, 1.82) is 0 Å². The van der Waals surface area contributed by atoms with Gasteiger partial charge in [-0.2, -0.15) is 4.31 Å². The minimum absolute atomic E-state index is 0.0767. The molecule has 1 aliphatic heterocycles. The van der Waals surface area contributed by atoms with Gasteiger partial charge in [0.1, 0.15) is 5.75 Å². The Morgan fingerprint density at radius 1 is 1.09 bits per heavy atom. The number of nitrogens with one attached hydrogen (secondary N) is 1. The molecule has 0 bridgehead atoms. The van der Waals surface area contributed by atoms with Gasteiger partial charge in [0.15, 0.2) is 6.61 Å². The van der Waals surface area contributed by atoms with Crippen molar-refractivity contribution in [3.63, 3.8) is 0 Å². The second-order valence-corrected chi connectivity index (χ2v) is 9.46. The molecule has 1 fully saturated rings. The summed E-state index contributed by atoms with van der Waals surface area (Å²) >= 11 is 0. The molecule has 0 unspecified atom stereocenters. The van der Waals surface area contributed by atoms with E-state index in [1.165, 1.54) is 16.4 Å². The van der Waals surface area contributed by atoms with E-state index in [0.29, 0.717) is 31.9 Å². The molecule has 1 aliphatic rings. The molecule has 3 rings (SSSR count). The first-order valence-corrected chi connectivity index (χ1v) is 12.1. The first-order valence-electron chi connectivity index (χ1n) is 10.7. The third-order valence-corrected chi connectivity index (χ3v) is 6.77. The van der Waals surface area contributed by atoms with Crippen LogP contribution in [0.5, 0.6) is 5.75 Å². The summed E-state index contributed by atoms with van der Waals surface area (Å²) in [7, 11) is -3.68. The van der Waals surface area contributed by atoms with E-state index in [2.05, 4.69) is 5.32 Å². The predicted molar refractivity (Wildman–Crippen MR) is 122 cm³/mol. The maximum Gasteiger partial charge on any atom is 0.306 e. The smallest absolute Gasteiger partial charge is 0.306 e.